The lowest BCUT2D eigenvalue weighted by Crippen LogP contribution is -2.48. The van der Waals surface area contributed by atoms with E-state index in [1.807, 2.05) is 12.1 Å². The Morgan fingerprint density at radius 1 is 1.06 bits per heavy atom. The van der Waals surface area contributed by atoms with Crippen molar-refractivity contribution in [3.05, 3.63) is 94.6 Å². The summed E-state index contributed by atoms with van der Waals surface area (Å²) in [6, 6.07) is 15.6. The van der Waals surface area contributed by atoms with E-state index in [9.17, 15) is 18.7 Å². The van der Waals surface area contributed by atoms with E-state index in [1.165, 1.54) is 17.7 Å². The maximum Gasteiger partial charge on any atom is 0.251 e. The lowest BCUT2D eigenvalue weighted by Gasteiger charge is -2.25. The van der Waals surface area contributed by atoms with Gasteiger partial charge in [0.25, 0.3) is 5.91 Å². The van der Waals surface area contributed by atoms with Crippen LogP contribution < -0.4 is 20.7 Å². The van der Waals surface area contributed by atoms with Gasteiger partial charge in [-0.3, -0.25) is 4.79 Å². The number of aryl methyl sites for hydroxylation is 1. The Hall–Kier alpha value is -3.49. The quantitative estimate of drug-likeness (QED) is 0.344. The molecular weight excluding hydrogens is 464 g/mol. The third kappa shape index (κ3) is 6.80. The van der Waals surface area contributed by atoms with Gasteiger partial charge in [-0.05, 0) is 59.9 Å². The van der Waals surface area contributed by atoms with Crippen LogP contribution in [-0.4, -0.2) is 42.9 Å². The minimum atomic E-state index is -1.01. The Balaban J connectivity index is 1.46. The van der Waals surface area contributed by atoms with Gasteiger partial charge in [-0.2, -0.15) is 0 Å². The Kier molecular flexibility index (Phi) is 8.51. The molecule has 0 radical (unpaired) electrons. The molecule has 8 heteroatoms. The highest BCUT2D eigenvalue weighted by molar-refractivity contribution is 5.96. The van der Waals surface area contributed by atoms with Crippen molar-refractivity contribution in [2.24, 2.45) is 0 Å². The summed E-state index contributed by atoms with van der Waals surface area (Å²) in [5.41, 5.74) is 3.75. The molecule has 4 N–H and O–H groups in total. The third-order valence-electron chi connectivity index (χ3n) is 6.16. The van der Waals surface area contributed by atoms with Crippen molar-refractivity contribution >= 4 is 11.6 Å². The molecule has 1 aliphatic rings. The number of carbonyl (C=O) groups excluding carboxylic acids is 1. The van der Waals surface area contributed by atoms with E-state index in [0.717, 1.165) is 18.1 Å². The lowest BCUT2D eigenvalue weighted by molar-refractivity contribution is 0.0830. The van der Waals surface area contributed by atoms with E-state index in [2.05, 4.69) is 35.0 Å². The van der Waals surface area contributed by atoms with Gasteiger partial charge in [-0.25, -0.2) is 8.78 Å². The molecule has 0 saturated carbocycles. The molecule has 190 valence electrons. The van der Waals surface area contributed by atoms with Crippen LogP contribution in [0.2, 0.25) is 0 Å². The largest absolute Gasteiger partial charge is 0.490 e. The molecule has 1 aliphatic heterocycles. The number of benzene rings is 3. The zero-order chi connectivity index (χ0) is 25.5. The van der Waals surface area contributed by atoms with Crippen molar-refractivity contribution in [1.29, 1.82) is 0 Å². The summed E-state index contributed by atoms with van der Waals surface area (Å²) < 4.78 is 33.2. The van der Waals surface area contributed by atoms with Crippen LogP contribution in [0.4, 0.5) is 14.5 Å². The number of carbonyl (C=O) groups is 1. The highest BCUT2D eigenvalue weighted by Crippen LogP contribution is 2.28. The number of halogens is 2. The molecule has 0 aromatic heterocycles. The van der Waals surface area contributed by atoms with Gasteiger partial charge in [-0.1, -0.05) is 31.2 Å². The second kappa shape index (κ2) is 12.0. The second-order valence-electron chi connectivity index (χ2n) is 8.92. The van der Waals surface area contributed by atoms with Gasteiger partial charge in [-0.15, -0.1) is 0 Å². The Bertz CT molecular complexity index is 1180. The van der Waals surface area contributed by atoms with Gasteiger partial charge < -0.3 is 25.8 Å². The SMILES string of the molecule is CCc1cccc(CNC[C@H](O)[C@H](Cc2cc(F)cc(F)c2)NC(=O)c2ccc3c(c2)NCCO3)c1. The van der Waals surface area contributed by atoms with Gasteiger partial charge in [0.15, 0.2) is 0 Å². The minimum absolute atomic E-state index is 0.0564. The molecule has 0 aliphatic carbocycles. The lowest BCUT2D eigenvalue weighted by atomic mass is 9.99. The van der Waals surface area contributed by atoms with Crippen LogP contribution in [0.3, 0.4) is 0 Å². The summed E-state index contributed by atoms with van der Waals surface area (Å²) in [6.45, 7) is 3.99. The topological polar surface area (TPSA) is 82.6 Å². The van der Waals surface area contributed by atoms with Crippen molar-refractivity contribution < 1.29 is 23.4 Å². The number of fused-ring (bicyclic) bond motifs is 1. The summed E-state index contributed by atoms with van der Waals surface area (Å²) in [5.74, 6) is -1.15. The van der Waals surface area contributed by atoms with Crippen molar-refractivity contribution in [2.75, 3.05) is 25.0 Å². The fourth-order valence-corrected chi connectivity index (χ4v) is 4.27. The van der Waals surface area contributed by atoms with E-state index < -0.39 is 29.7 Å². The van der Waals surface area contributed by atoms with Crippen LogP contribution in [0.25, 0.3) is 0 Å². The third-order valence-corrected chi connectivity index (χ3v) is 6.16. The number of hydrogen-bond acceptors (Lipinski definition) is 5. The molecule has 0 fully saturated rings. The Morgan fingerprint density at radius 3 is 2.61 bits per heavy atom. The first-order valence-corrected chi connectivity index (χ1v) is 12.1. The zero-order valence-electron chi connectivity index (χ0n) is 20.2. The molecule has 4 rings (SSSR count). The fourth-order valence-electron chi connectivity index (χ4n) is 4.27. The fraction of sp³-hybridized carbons (Fsp3) is 0.321. The second-order valence-corrected chi connectivity index (χ2v) is 8.92. The smallest absolute Gasteiger partial charge is 0.251 e. The van der Waals surface area contributed by atoms with E-state index >= 15 is 0 Å². The number of nitrogens with one attached hydrogen (secondary N) is 3. The number of hydrogen-bond donors (Lipinski definition) is 4. The summed E-state index contributed by atoms with van der Waals surface area (Å²) in [6.07, 6.45) is -0.0197. The number of anilines is 1. The van der Waals surface area contributed by atoms with Crippen LogP contribution in [0.15, 0.2) is 60.7 Å². The molecule has 3 aromatic rings. The standard InChI is InChI=1S/C28H31F2N3O3/c1-2-18-4-3-5-19(10-18)16-31-17-26(34)24(13-20-11-22(29)15-23(30)12-20)33-28(35)21-6-7-27-25(14-21)32-8-9-36-27/h3-7,10-12,14-15,24,26,31-32,34H,2,8-9,13,16-17H2,1H3,(H,33,35)/t24-,26-/m0/s1. The van der Waals surface area contributed by atoms with Crippen LogP contribution in [0.1, 0.15) is 34.0 Å². The Morgan fingerprint density at radius 2 is 1.83 bits per heavy atom. The van der Waals surface area contributed by atoms with E-state index in [0.29, 0.717) is 42.3 Å². The van der Waals surface area contributed by atoms with Gasteiger partial charge in [0.05, 0.1) is 17.8 Å². The molecule has 0 unspecified atom stereocenters. The monoisotopic (exact) mass is 495 g/mol. The first-order chi connectivity index (χ1) is 17.4. The van der Waals surface area contributed by atoms with Crippen molar-refractivity contribution in [3.8, 4) is 5.75 Å². The predicted molar refractivity (Wildman–Crippen MR) is 135 cm³/mol. The maximum atomic E-state index is 13.8. The van der Waals surface area contributed by atoms with Crippen LogP contribution in [0.5, 0.6) is 5.75 Å². The molecule has 1 amide bonds. The first-order valence-electron chi connectivity index (χ1n) is 12.1. The highest BCUT2D eigenvalue weighted by atomic mass is 19.1. The molecule has 6 nitrogen and oxygen atoms in total. The molecule has 1 heterocycles. The predicted octanol–water partition coefficient (Wildman–Crippen LogP) is 3.82. The van der Waals surface area contributed by atoms with E-state index in [4.69, 9.17) is 4.74 Å². The average molecular weight is 496 g/mol. The molecule has 0 saturated heterocycles. The number of aliphatic hydroxyl groups is 1. The number of aliphatic hydroxyl groups excluding tert-OH is 1. The van der Waals surface area contributed by atoms with Gasteiger partial charge in [0, 0.05) is 31.3 Å². The van der Waals surface area contributed by atoms with Crippen LogP contribution in [-0.2, 0) is 19.4 Å². The molecule has 0 bridgehead atoms. The summed E-state index contributed by atoms with van der Waals surface area (Å²) in [7, 11) is 0. The van der Waals surface area contributed by atoms with Crippen LogP contribution >= 0.6 is 0 Å². The molecule has 3 aromatic carbocycles. The summed E-state index contributed by atoms with van der Waals surface area (Å²) in [4.78, 5) is 13.1. The number of ether oxygens (including phenoxy) is 1. The van der Waals surface area contributed by atoms with Crippen LogP contribution in [0, 0.1) is 11.6 Å². The number of amides is 1. The molecule has 2 atom stereocenters. The van der Waals surface area contributed by atoms with Gasteiger partial charge >= 0.3 is 0 Å². The normalized spacial score (nSPS) is 14.2. The van der Waals surface area contributed by atoms with Crippen molar-refractivity contribution in [1.82, 2.24) is 10.6 Å². The summed E-state index contributed by atoms with van der Waals surface area (Å²) >= 11 is 0. The molecule has 36 heavy (non-hydrogen) atoms. The Labute approximate surface area is 209 Å². The van der Waals surface area contributed by atoms with E-state index in [-0.39, 0.29) is 13.0 Å². The number of rotatable bonds is 10. The molecule has 0 spiro atoms. The minimum Gasteiger partial charge on any atom is -0.490 e. The van der Waals surface area contributed by atoms with Gasteiger partial charge in [0.2, 0.25) is 0 Å². The van der Waals surface area contributed by atoms with E-state index in [1.54, 1.807) is 18.2 Å². The van der Waals surface area contributed by atoms with Crippen molar-refractivity contribution in [3.63, 3.8) is 0 Å². The average Bonchev–Trinajstić information content (AvgIpc) is 2.87. The van der Waals surface area contributed by atoms with Gasteiger partial charge in [0.1, 0.15) is 24.0 Å². The first kappa shape index (κ1) is 25.6. The molecular formula is C28H31F2N3O3. The zero-order valence-corrected chi connectivity index (χ0v) is 20.2. The maximum absolute atomic E-state index is 13.8. The summed E-state index contributed by atoms with van der Waals surface area (Å²) in [5, 5.41) is 20.2. The van der Waals surface area contributed by atoms with Crippen molar-refractivity contribution in [2.45, 2.75) is 38.5 Å². The highest BCUT2D eigenvalue weighted by Gasteiger charge is 2.24.